The highest BCUT2D eigenvalue weighted by atomic mass is 16.4. The van der Waals surface area contributed by atoms with Crippen molar-refractivity contribution < 1.29 is 43.8 Å². The minimum atomic E-state index is -1.62. The van der Waals surface area contributed by atoms with Crippen molar-refractivity contribution in [2.24, 2.45) is 5.73 Å². The number of carboxylic acid groups (broad SMARTS) is 2. The Labute approximate surface area is 236 Å². The molecule has 0 saturated carbocycles. The Kier molecular flexibility index (Phi) is 12.2. The van der Waals surface area contributed by atoms with Gasteiger partial charge in [-0.15, -0.1) is 0 Å². The molecule has 15 nitrogen and oxygen atoms in total. The lowest BCUT2D eigenvalue weighted by molar-refractivity contribution is -0.142. The molecule has 0 bridgehead atoms. The number of benzene rings is 1. The fraction of sp³-hybridized carbons (Fsp3) is 0.500. The monoisotopic (exact) mass is 576 g/mol. The quantitative estimate of drug-likeness (QED) is 0.125. The zero-order valence-corrected chi connectivity index (χ0v) is 22.8. The van der Waals surface area contributed by atoms with Crippen LogP contribution in [0.15, 0.2) is 30.3 Å². The molecular weight excluding hydrogens is 540 g/mol. The lowest BCUT2D eigenvalue weighted by atomic mass is 10.0. The van der Waals surface area contributed by atoms with Crippen LogP contribution in [-0.2, 0) is 40.0 Å². The van der Waals surface area contributed by atoms with Crippen LogP contribution in [0.5, 0.6) is 0 Å². The van der Waals surface area contributed by atoms with E-state index in [1.165, 1.54) is 18.7 Å². The maximum Gasteiger partial charge on any atom is 0.325 e. The molecule has 0 spiro atoms. The maximum absolute atomic E-state index is 13.3. The molecule has 2 rings (SSSR count). The van der Waals surface area contributed by atoms with E-state index in [0.717, 1.165) is 0 Å². The molecular formula is C26H36N6O9. The summed E-state index contributed by atoms with van der Waals surface area (Å²) in [6.07, 6.45) is 0.0711. The SMILES string of the molecule is C[C@H](N)C(=O)N1CCC[C@H]1C(=O)N[C@@H](Cc1ccccc1)C(=O)N[C@@H](CC(=O)O)C(=O)NCC(=O)N[C@@H](C)C(=O)O. The van der Waals surface area contributed by atoms with Crippen molar-refractivity contribution in [3.05, 3.63) is 35.9 Å². The molecule has 1 aromatic carbocycles. The molecule has 0 radical (unpaired) electrons. The van der Waals surface area contributed by atoms with Gasteiger partial charge in [0.05, 0.1) is 19.0 Å². The van der Waals surface area contributed by atoms with Gasteiger partial charge in [0.25, 0.3) is 0 Å². The number of hydrogen-bond acceptors (Lipinski definition) is 8. The molecule has 5 amide bonds. The Morgan fingerprint density at radius 2 is 1.61 bits per heavy atom. The molecule has 1 heterocycles. The fourth-order valence-corrected chi connectivity index (χ4v) is 4.19. The molecule has 15 heteroatoms. The summed E-state index contributed by atoms with van der Waals surface area (Å²) in [5, 5.41) is 27.4. The van der Waals surface area contributed by atoms with E-state index in [1.807, 2.05) is 0 Å². The average Bonchev–Trinajstić information content (AvgIpc) is 3.40. The summed E-state index contributed by atoms with van der Waals surface area (Å²) in [6.45, 7) is 2.38. The Morgan fingerprint density at radius 3 is 2.20 bits per heavy atom. The first-order chi connectivity index (χ1) is 19.3. The van der Waals surface area contributed by atoms with E-state index in [4.69, 9.17) is 10.8 Å². The van der Waals surface area contributed by atoms with Crippen LogP contribution in [-0.4, -0.2) is 99.9 Å². The molecule has 1 aliphatic heterocycles. The molecule has 0 aromatic heterocycles. The van der Waals surface area contributed by atoms with Gasteiger partial charge in [-0.1, -0.05) is 30.3 Å². The van der Waals surface area contributed by atoms with Gasteiger partial charge in [0.15, 0.2) is 0 Å². The Balaban J connectivity index is 2.18. The van der Waals surface area contributed by atoms with Crippen molar-refractivity contribution >= 4 is 41.5 Å². The summed E-state index contributed by atoms with van der Waals surface area (Å²) in [6, 6.07) is 2.86. The molecule has 8 N–H and O–H groups in total. The van der Waals surface area contributed by atoms with Gasteiger partial charge in [0.2, 0.25) is 29.5 Å². The lowest BCUT2D eigenvalue weighted by Crippen LogP contribution is -2.58. The highest BCUT2D eigenvalue weighted by Gasteiger charge is 2.37. The Hall–Kier alpha value is -4.53. The third-order valence-electron chi connectivity index (χ3n) is 6.33. The van der Waals surface area contributed by atoms with Crippen LogP contribution < -0.4 is 27.0 Å². The van der Waals surface area contributed by atoms with E-state index in [0.29, 0.717) is 24.9 Å². The zero-order chi connectivity index (χ0) is 30.7. The fourth-order valence-electron chi connectivity index (χ4n) is 4.19. The number of carbonyl (C=O) groups is 7. The van der Waals surface area contributed by atoms with Crippen LogP contribution >= 0.6 is 0 Å². The van der Waals surface area contributed by atoms with E-state index in [1.54, 1.807) is 30.3 Å². The Morgan fingerprint density at radius 1 is 0.951 bits per heavy atom. The van der Waals surface area contributed by atoms with E-state index >= 15 is 0 Å². The minimum absolute atomic E-state index is 0.0107. The van der Waals surface area contributed by atoms with Crippen molar-refractivity contribution in [3.63, 3.8) is 0 Å². The van der Waals surface area contributed by atoms with Crippen LogP contribution in [0.25, 0.3) is 0 Å². The molecule has 1 aromatic rings. The van der Waals surface area contributed by atoms with Crippen molar-refractivity contribution in [2.75, 3.05) is 13.1 Å². The smallest absolute Gasteiger partial charge is 0.325 e. The summed E-state index contributed by atoms with van der Waals surface area (Å²) in [5.74, 6) is -6.44. The summed E-state index contributed by atoms with van der Waals surface area (Å²) < 4.78 is 0. The van der Waals surface area contributed by atoms with Gasteiger partial charge >= 0.3 is 11.9 Å². The number of carboxylic acids is 2. The van der Waals surface area contributed by atoms with Crippen LogP contribution in [0.4, 0.5) is 0 Å². The second-order valence-electron chi connectivity index (χ2n) is 9.73. The van der Waals surface area contributed by atoms with Crippen molar-refractivity contribution in [2.45, 2.75) is 69.7 Å². The number of rotatable bonds is 14. The van der Waals surface area contributed by atoms with E-state index in [-0.39, 0.29) is 6.42 Å². The normalized spacial score (nSPS) is 17.3. The summed E-state index contributed by atoms with van der Waals surface area (Å²) >= 11 is 0. The molecule has 41 heavy (non-hydrogen) atoms. The first-order valence-corrected chi connectivity index (χ1v) is 13.0. The van der Waals surface area contributed by atoms with Crippen LogP contribution in [0.1, 0.15) is 38.7 Å². The second kappa shape index (κ2) is 15.3. The number of likely N-dealkylation sites (tertiary alicyclic amines) is 1. The molecule has 0 unspecified atom stereocenters. The van der Waals surface area contributed by atoms with Gasteiger partial charge in [0.1, 0.15) is 24.2 Å². The predicted octanol–water partition coefficient (Wildman–Crippen LogP) is -2.28. The highest BCUT2D eigenvalue weighted by Crippen LogP contribution is 2.19. The van der Waals surface area contributed by atoms with E-state index in [9.17, 15) is 38.7 Å². The van der Waals surface area contributed by atoms with E-state index < -0.39 is 84.6 Å². The second-order valence-corrected chi connectivity index (χ2v) is 9.73. The van der Waals surface area contributed by atoms with Crippen LogP contribution in [0, 0.1) is 0 Å². The zero-order valence-electron chi connectivity index (χ0n) is 22.8. The largest absolute Gasteiger partial charge is 0.481 e. The van der Waals surface area contributed by atoms with Gasteiger partial charge in [-0.25, -0.2) is 0 Å². The van der Waals surface area contributed by atoms with Gasteiger partial charge in [-0.3, -0.25) is 33.6 Å². The third-order valence-corrected chi connectivity index (χ3v) is 6.33. The molecule has 5 atom stereocenters. The van der Waals surface area contributed by atoms with Crippen molar-refractivity contribution in [1.82, 2.24) is 26.2 Å². The average molecular weight is 577 g/mol. The minimum Gasteiger partial charge on any atom is -0.481 e. The number of carbonyl (C=O) groups excluding carboxylic acids is 5. The van der Waals surface area contributed by atoms with Crippen molar-refractivity contribution in [3.8, 4) is 0 Å². The van der Waals surface area contributed by atoms with Gasteiger partial charge in [-0.2, -0.15) is 0 Å². The van der Waals surface area contributed by atoms with Crippen molar-refractivity contribution in [1.29, 1.82) is 0 Å². The summed E-state index contributed by atoms with van der Waals surface area (Å²) in [7, 11) is 0. The van der Waals surface area contributed by atoms with E-state index in [2.05, 4.69) is 21.3 Å². The predicted molar refractivity (Wildman–Crippen MR) is 143 cm³/mol. The highest BCUT2D eigenvalue weighted by molar-refractivity contribution is 5.97. The first-order valence-electron chi connectivity index (χ1n) is 13.0. The maximum atomic E-state index is 13.3. The van der Waals surface area contributed by atoms with Gasteiger partial charge < -0.3 is 42.1 Å². The Bertz CT molecular complexity index is 1140. The third kappa shape index (κ3) is 10.2. The molecule has 1 saturated heterocycles. The number of nitrogens with two attached hydrogens (primary N) is 1. The van der Waals surface area contributed by atoms with Crippen LogP contribution in [0.3, 0.4) is 0 Å². The molecule has 224 valence electrons. The lowest BCUT2D eigenvalue weighted by Gasteiger charge is -2.28. The first kappa shape index (κ1) is 32.7. The summed E-state index contributed by atoms with van der Waals surface area (Å²) in [5.41, 5.74) is 6.37. The summed E-state index contributed by atoms with van der Waals surface area (Å²) in [4.78, 5) is 87.3. The number of nitrogens with zero attached hydrogens (tertiary/aromatic N) is 1. The number of hydrogen-bond donors (Lipinski definition) is 7. The molecule has 1 fully saturated rings. The van der Waals surface area contributed by atoms with Gasteiger partial charge in [0, 0.05) is 13.0 Å². The number of aliphatic carboxylic acids is 2. The topological polar surface area (TPSA) is 237 Å². The van der Waals surface area contributed by atoms with Gasteiger partial charge in [-0.05, 0) is 32.3 Å². The molecule has 1 aliphatic rings. The van der Waals surface area contributed by atoms with Crippen LogP contribution in [0.2, 0.25) is 0 Å². The number of amides is 5. The molecule has 0 aliphatic carbocycles. The number of nitrogens with one attached hydrogen (secondary N) is 4. The standard InChI is InChI=1S/C26H36N6O9/c1-14(27)25(39)32-10-6-9-19(32)24(38)31-17(11-16-7-4-3-5-8-16)23(37)30-18(12-21(34)35)22(36)28-13-20(33)29-15(2)26(40)41/h3-5,7-8,14-15,17-19H,6,9-13,27H2,1-2H3,(H,28,36)(H,29,33)(H,30,37)(H,31,38)(H,34,35)(H,40,41)/t14-,15-,17-,18-,19-/m0/s1.